The largest absolute Gasteiger partial charge is 0.455 e. The topological polar surface area (TPSA) is 152 Å². The predicted molar refractivity (Wildman–Crippen MR) is 159 cm³/mol. The lowest BCUT2D eigenvalue weighted by atomic mass is 9.97. The third-order valence-electron chi connectivity index (χ3n) is 6.68. The van der Waals surface area contributed by atoms with Gasteiger partial charge in [0.15, 0.2) is 0 Å². The van der Waals surface area contributed by atoms with Gasteiger partial charge in [0.2, 0.25) is 21.8 Å². The molecule has 1 fully saturated rings. The summed E-state index contributed by atoms with van der Waals surface area (Å²) in [6.07, 6.45) is 2.85. The van der Waals surface area contributed by atoms with Crippen molar-refractivity contribution in [3.8, 4) is 22.5 Å². The molecule has 2 heterocycles. The second-order valence-corrected chi connectivity index (χ2v) is 11.5. The first-order chi connectivity index (χ1) is 19.9. The average Bonchev–Trinajstić information content (AvgIpc) is 3.59. The van der Waals surface area contributed by atoms with Crippen LogP contribution in [0, 0.1) is 5.82 Å². The number of carbonyl (C=O) groups is 3. The van der Waals surface area contributed by atoms with Crippen LogP contribution in [-0.2, 0) is 14.8 Å². The first-order valence-electron chi connectivity index (χ1n) is 13.2. The minimum Gasteiger partial charge on any atom is -0.455 e. The van der Waals surface area contributed by atoms with E-state index in [0.717, 1.165) is 25.6 Å². The lowest BCUT2D eigenvalue weighted by molar-refractivity contribution is -0.119. The second-order valence-electron chi connectivity index (χ2n) is 9.58. The highest BCUT2D eigenvalue weighted by molar-refractivity contribution is 7.92. The summed E-state index contributed by atoms with van der Waals surface area (Å²) in [6.45, 7) is 2.70. The SMILES string of the molecule is CCN(c1cc2oc(-c3ccc(F)cc3)c(C(=O)NC)c2cc1-c1cccc(C(N)=O)c1)S(C)(=O)=O.O=C1CCCN1. The van der Waals surface area contributed by atoms with Gasteiger partial charge in [0, 0.05) is 54.7 Å². The molecule has 0 radical (unpaired) electrons. The van der Waals surface area contributed by atoms with Crippen LogP contribution in [-0.4, -0.2) is 52.5 Å². The van der Waals surface area contributed by atoms with Crippen molar-refractivity contribution < 1.29 is 31.6 Å². The third kappa shape index (κ3) is 6.44. The van der Waals surface area contributed by atoms with E-state index in [2.05, 4.69) is 10.6 Å². The Balaban J connectivity index is 0.000000600. The molecule has 5 rings (SSSR count). The minimum atomic E-state index is -3.70. The van der Waals surface area contributed by atoms with Gasteiger partial charge in [-0.25, -0.2) is 12.8 Å². The molecule has 12 heteroatoms. The molecule has 0 aliphatic carbocycles. The number of primary amides is 1. The Morgan fingerprint density at radius 3 is 2.33 bits per heavy atom. The molecule has 220 valence electrons. The molecule has 0 atom stereocenters. The van der Waals surface area contributed by atoms with Gasteiger partial charge >= 0.3 is 0 Å². The molecule has 0 unspecified atom stereocenters. The molecular weight excluding hydrogens is 563 g/mol. The first-order valence-corrected chi connectivity index (χ1v) is 15.0. The highest BCUT2D eigenvalue weighted by atomic mass is 32.2. The summed E-state index contributed by atoms with van der Waals surface area (Å²) in [6, 6.07) is 15.2. The Morgan fingerprint density at radius 2 is 1.81 bits per heavy atom. The zero-order valence-corrected chi connectivity index (χ0v) is 24.2. The predicted octanol–water partition coefficient (Wildman–Crippen LogP) is 4.05. The number of benzene rings is 3. The number of rotatable bonds is 7. The number of amides is 3. The summed E-state index contributed by atoms with van der Waals surface area (Å²) < 4.78 is 46.1. The quantitative estimate of drug-likeness (QED) is 0.294. The maximum absolute atomic E-state index is 13.5. The number of nitrogens with two attached hydrogens (primary N) is 1. The summed E-state index contributed by atoms with van der Waals surface area (Å²) in [5.41, 5.74) is 7.93. The Hall–Kier alpha value is -4.71. The van der Waals surface area contributed by atoms with Gasteiger partial charge in [0.1, 0.15) is 17.2 Å². The fourth-order valence-corrected chi connectivity index (χ4v) is 5.69. The van der Waals surface area contributed by atoms with Crippen LogP contribution >= 0.6 is 0 Å². The Morgan fingerprint density at radius 1 is 1.10 bits per heavy atom. The number of carbonyl (C=O) groups excluding carboxylic acids is 3. The van der Waals surface area contributed by atoms with E-state index in [1.54, 1.807) is 43.3 Å². The van der Waals surface area contributed by atoms with Crippen molar-refractivity contribution in [3.05, 3.63) is 77.6 Å². The van der Waals surface area contributed by atoms with Gasteiger partial charge in [-0.3, -0.25) is 18.7 Å². The lowest BCUT2D eigenvalue weighted by Crippen LogP contribution is -2.30. The van der Waals surface area contributed by atoms with Crippen molar-refractivity contribution >= 4 is 44.4 Å². The Labute approximate surface area is 242 Å². The Kier molecular flexibility index (Phi) is 8.96. The van der Waals surface area contributed by atoms with Crippen molar-refractivity contribution in [1.29, 1.82) is 0 Å². The number of sulfonamides is 1. The van der Waals surface area contributed by atoms with Gasteiger partial charge in [0.05, 0.1) is 17.5 Å². The molecule has 1 saturated heterocycles. The van der Waals surface area contributed by atoms with Crippen LogP contribution in [0.1, 0.15) is 40.5 Å². The van der Waals surface area contributed by atoms with Crippen LogP contribution < -0.4 is 20.7 Å². The number of anilines is 1. The highest BCUT2D eigenvalue weighted by Gasteiger charge is 2.27. The molecule has 3 aromatic carbocycles. The zero-order valence-electron chi connectivity index (χ0n) is 23.4. The van der Waals surface area contributed by atoms with Crippen molar-refractivity contribution in [2.75, 3.05) is 30.7 Å². The van der Waals surface area contributed by atoms with Crippen LogP contribution in [0.25, 0.3) is 33.4 Å². The highest BCUT2D eigenvalue weighted by Crippen LogP contribution is 2.41. The molecule has 4 aromatic rings. The van der Waals surface area contributed by atoms with Crippen molar-refractivity contribution in [2.24, 2.45) is 5.73 Å². The number of hydrogen-bond acceptors (Lipinski definition) is 6. The van der Waals surface area contributed by atoms with E-state index in [4.69, 9.17) is 10.2 Å². The molecule has 4 N–H and O–H groups in total. The van der Waals surface area contributed by atoms with E-state index in [0.29, 0.717) is 27.8 Å². The van der Waals surface area contributed by atoms with Crippen LogP contribution in [0.2, 0.25) is 0 Å². The van der Waals surface area contributed by atoms with Gasteiger partial charge in [-0.1, -0.05) is 12.1 Å². The van der Waals surface area contributed by atoms with Gasteiger partial charge in [-0.05, 0) is 61.4 Å². The van der Waals surface area contributed by atoms with Crippen LogP contribution in [0.3, 0.4) is 0 Å². The summed E-state index contributed by atoms with van der Waals surface area (Å²) in [5, 5.41) is 5.70. The van der Waals surface area contributed by atoms with E-state index in [1.165, 1.54) is 35.6 Å². The number of halogens is 1. The zero-order chi connectivity index (χ0) is 30.6. The summed E-state index contributed by atoms with van der Waals surface area (Å²) in [7, 11) is -2.22. The van der Waals surface area contributed by atoms with E-state index < -0.39 is 27.7 Å². The molecule has 10 nitrogen and oxygen atoms in total. The molecule has 3 amide bonds. The number of nitrogens with zero attached hydrogens (tertiary/aromatic N) is 1. The number of hydrogen-bond donors (Lipinski definition) is 3. The maximum Gasteiger partial charge on any atom is 0.255 e. The van der Waals surface area contributed by atoms with E-state index >= 15 is 0 Å². The minimum absolute atomic E-state index is 0.126. The van der Waals surface area contributed by atoms with E-state index in [-0.39, 0.29) is 34.9 Å². The number of furan rings is 1. The smallest absolute Gasteiger partial charge is 0.255 e. The van der Waals surface area contributed by atoms with E-state index in [9.17, 15) is 27.2 Å². The second kappa shape index (κ2) is 12.4. The normalized spacial score (nSPS) is 12.8. The fraction of sp³-hybridized carbons (Fsp3) is 0.233. The molecule has 0 bridgehead atoms. The van der Waals surface area contributed by atoms with Crippen molar-refractivity contribution in [2.45, 2.75) is 19.8 Å². The van der Waals surface area contributed by atoms with Crippen LogP contribution in [0.5, 0.6) is 0 Å². The standard InChI is InChI=1S/C26H24FN3O5S.C4H7NO/c1-4-30(36(3,33)34)21-14-22-20(13-19(21)16-6-5-7-17(12-16)25(28)31)23(26(32)29-2)24(35-22)15-8-10-18(27)11-9-15;6-4-2-1-3-5-4/h5-14H,4H2,1-3H3,(H2,28,31)(H,29,32);1-3H2,(H,5,6). The molecule has 1 aromatic heterocycles. The van der Waals surface area contributed by atoms with Crippen molar-refractivity contribution in [1.82, 2.24) is 10.6 Å². The molecular formula is C30H31FN4O6S. The van der Waals surface area contributed by atoms with Crippen LogP contribution in [0.4, 0.5) is 10.1 Å². The average molecular weight is 595 g/mol. The van der Waals surface area contributed by atoms with Gasteiger partial charge in [-0.2, -0.15) is 0 Å². The van der Waals surface area contributed by atoms with E-state index in [1.807, 2.05) is 0 Å². The summed E-state index contributed by atoms with van der Waals surface area (Å²) >= 11 is 0. The molecule has 1 aliphatic heterocycles. The van der Waals surface area contributed by atoms with Gasteiger partial charge in [0.25, 0.3) is 5.91 Å². The monoisotopic (exact) mass is 594 g/mol. The van der Waals surface area contributed by atoms with Gasteiger partial charge < -0.3 is 20.8 Å². The molecule has 1 aliphatic rings. The molecule has 0 spiro atoms. The number of nitrogens with one attached hydrogen (secondary N) is 2. The molecule has 42 heavy (non-hydrogen) atoms. The fourth-order valence-electron chi connectivity index (χ4n) is 4.71. The van der Waals surface area contributed by atoms with Crippen molar-refractivity contribution in [3.63, 3.8) is 0 Å². The molecule has 0 saturated carbocycles. The Bertz CT molecular complexity index is 1760. The van der Waals surface area contributed by atoms with Gasteiger partial charge in [-0.15, -0.1) is 0 Å². The lowest BCUT2D eigenvalue weighted by Gasteiger charge is -2.24. The summed E-state index contributed by atoms with van der Waals surface area (Å²) in [5.74, 6) is -1.10. The van der Waals surface area contributed by atoms with Crippen LogP contribution in [0.15, 0.2) is 65.1 Å². The third-order valence-corrected chi connectivity index (χ3v) is 7.94. The first kappa shape index (κ1) is 30.3. The number of fused-ring (bicyclic) bond motifs is 1. The maximum atomic E-state index is 13.5. The summed E-state index contributed by atoms with van der Waals surface area (Å²) in [4.78, 5) is 34.9.